The van der Waals surface area contributed by atoms with Gasteiger partial charge in [-0.25, -0.2) is 0 Å². The highest BCUT2D eigenvalue weighted by atomic mass is 32.2. The summed E-state index contributed by atoms with van der Waals surface area (Å²) in [5.41, 5.74) is 0.886. The molecule has 0 unspecified atom stereocenters. The van der Waals surface area contributed by atoms with Gasteiger partial charge in [-0.2, -0.15) is 0 Å². The summed E-state index contributed by atoms with van der Waals surface area (Å²) in [4.78, 5) is 37.4. The van der Waals surface area contributed by atoms with Crippen LogP contribution < -0.4 is 10.1 Å². The van der Waals surface area contributed by atoms with E-state index in [1.807, 2.05) is 24.3 Å². The van der Waals surface area contributed by atoms with Gasteiger partial charge in [0.05, 0.1) is 12.0 Å². The Labute approximate surface area is 211 Å². The van der Waals surface area contributed by atoms with Crippen LogP contribution in [0.2, 0.25) is 0 Å². The highest BCUT2D eigenvalue weighted by molar-refractivity contribution is 8.26. The minimum Gasteiger partial charge on any atom is -0.497 e. The number of hydrogen-bond donors (Lipinski definition) is 2. The van der Waals surface area contributed by atoms with Crippen LogP contribution in [-0.2, 0) is 14.4 Å². The number of nitrogens with one attached hydrogen (secondary N) is 1. The van der Waals surface area contributed by atoms with Crippen LogP contribution in [0.5, 0.6) is 5.75 Å². The fourth-order valence-corrected chi connectivity index (χ4v) is 4.84. The Bertz CT molecular complexity index is 871. The Morgan fingerprint density at radius 1 is 1.03 bits per heavy atom. The van der Waals surface area contributed by atoms with Crippen molar-refractivity contribution in [2.45, 2.75) is 64.2 Å². The monoisotopic (exact) mass is 506 g/mol. The molecular formula is C25H34N2O5S2. The molecule has 9 heteroatoms. The molecule has 34 heavy (non-hydrogen) atoms. The first kappa shape index (κ1) is 27.9. The van der Waals surface area contributed by atoms with E-state index >= 15 is 0 Å². The number of hydrogen-bond acceptors (Lipinski definition) is 6. The van der Waals surface area contributed by atoms with Crippen LogP contribution in [0, 0.1) is 0 Å². The van der Waals surface area contributed by atoms with Gasteiger partial charge in [0.2, 0.25) is 5.91 Å². The molecule has 1 aliphatic rings. The van der Waals surface area contributed by atoms with Gasteiger partial charge in [0.25, 0.3) is 5.91 Å². The zero-order valence-corrected chi connectivity index (χ0v) is 21.3. The highest BCUT2D eigenvalue weighted by Gasteiger charge is 2.32. The van der Waals surface area contributed by atoms with Crippen molar-refractivity contribution in [1.29, 1.82) is 0 Å². The van der Waals surface area contributed by atoms with E-state index in [1.165, 1.54) is 16.7 Å². The van der Waals surface area contributed by atoms with Crippen molar-refractivity contribution in [1.82, 2.24) is 10.2 Å². The quantitative estimate of drug-likeness (QED) is 0.185. The Morgan fingerprint density at radius 2 is 1.65 bits per heavy atom. The summed E-state index contributed by atoms with van der Waals surface area (Å²) in [6.45, 7) is 0.908. The number of carboxylic acid groups (broad SMARTS) is 1. The molecule has 1 fully saturated rings. The van der Waals surface area contributed by atoms with Crippen LogP contribution in [-0.4, -0.2) is 52.3 Å². The molecule has 0 aromatic heterocycles. The molecule has 0 spiro atoms. The summed E-state index contributed by atoms with van der Waals surface area (Å²) >= 11 is 6.60. The summed E-state index contributed by atoms with van der Waals surface area (Å²) < 4.78 is 5.62. The summed E-state index contributed by atoms with van der Waals surface area (Å²) in [5.74, 6) is -0.212. The fourth-order valence-electron chi connectivity index (χ4n) is 3.54. The minimum atomic E-state index is -0.720. The molecule has 0 bridgehead atoms. The second-order valence-corrected chi connectivity index (χ2v) is 9.85. The largest absolute Gasteiger partial charge is 0.497 e. The van der Waals surface area contributed by atoms with Gasteiger partial charge < -0.3 is 15.2 Å². The van der Waals surface area contributed by atoms with Crippen molar-refractivity contribution < 1.29 is 24.2 Å². The number of nitrogens with zero attached hydrogens (tertiary/aromatic N) is 1. The third-order valence-corrected chi connectivity index (χ3v) is 6.87. The number of thiocarbonyl (C=S) groups is 1. The lowest BCUT2D eigenvalue weighted by Gasteiger charge is -2.14. The lowest BCUT2D eigenvalue weighted by molar-refractivity contribution is -0.137. The molecule has 0 atom stereocenters. The molecule has 0 aliphatic carbocycles. The standard InChI is InChI=1S/C25H34N2O5S2/c1-32-20-13-11-19(12-14-20)18-21-24(31)27(25(33)34-21)17-15-22(28)26-16-9-7-5-3-2-4-6-8-10-23(29)30/h11-14,18H,2-10,15-17H2,1H3,(H,26,28)(H,29,30)/b21-18+. The van der Waals surface area contributed by atoms with Crippen LogP contribution in [0.4, 0.5) is 0 Å². The molecule has 1 aliphatic heterocycles. The molecule has 1 aromatic carbocycles. The topological polar surface area (TPSA) is 95.9 Å². The summed E-state index contributed by atoms with van der Waals surface area (Å²) in [6.07, 6.45) is 10.5. The van der Waals surface area contributed by atoms with Gasteiger partial charge in [0, 0.05) is 25.9 Å². The van der Waals surface area contributed by atoms with Gasteiger partial charge in [-0.05, 0) is 36.6 Å². The SMILES string of the molecule is COc1ccc(/C=C2/SC(=S)N(CCC(=O)NCCCCCCCCCCC(=O)O)C2=O)cc1. The number of carbonyl (C=O) groups is 3. The first-order valence-corrected chi connectivity index (χ1v) is 13.0. The van der Waals surface area contributed by atoms with E-state index < -0.39 is 5.97 Å². The van der Waals surface area contributed by atoms with Crippen LogP contribution >= 0.6 is 24.0 Å². The van der Waals surface area contributed by atoms with Gasteiger partial charge in [-0.15, -0.1) is 0 Å². The second kappa shape index (κ2) is 15.5. The number of unbranched alkanes of at least 4 members (excludes halogenated alkanes) is 7. The predicted molar refractivity (Wildman–Crippen MR) is 140 cm³/mol. The maximum atomic E-state index is 12.7. The average molecular weight is 507 g/mol. The normalized spacial score (nSPS) is 14.6. The zero-order valence-electron chi connectivity index (χ0n) is 19.7. The predicted octanol–water partition coefficient (Wildman–Crippen LogP) is 5.00. The highest BCUT2D eigenvalue weighted by Crippen LogP contribution is 2.32. The van der Waals surface area contributed by atoms with Gasteiger partial charge in [-0.1, -0.05) is 74.6 Å². The van der Waals surface area contributed by atoms with Gasteiger partial charge in [0.1, 0.15) is 10.1 Å². The Balaban J connectivity index is 1.58. The van der Waals surface area contributed by atoms with Crippen molar-refractivity contribution in [2.24, 2.45) is 0 Å². The molecule has 2 N–H and O–H groups in total. The van der Waals surface area contributed by atoms with E-state index in [1.54, 1.807) is 13.2 Å². The van der Waals surface area contributed by atoms with Crippen LogP contribution in [0.3, 0.4) is 0 Å². The number of rotatable bonds is 16. The van der Waals surface area contributed by atoms with Crippen molar-refractivity contribution in [3.05, 3.63) is 34.7 Å². The van der Waals surface area contributed by atoms with E-state index in [4.69, 9.17) is 22.1 Å². The zero-order chi connectivity index (χ0) is 24.8. The summed E-state index contributed by atoms with van der Waals surface area (Å²) in [6, 6.07) is 7.42. The third kappa shape index (κ3) is 10.3. The number of aliphatic carboxylic acids is 1. The van der Waals surface area contributed by atoms with Gasteiger partial charge in [0.15, 0.2) is 0 Å². The molecule has 1 aromatic rings. The lowest BCUT2D eigenvalue weighted by atomic mass is 10.1. The number of amides is 2. The molecule has 0 saturated carbocycles. The molecule has 2 amide bonds. The average Bonchev–Trinajstić information content (AvgIpc) is 3.08. The van der Waals surface area contributed by atoms with E-state index in [0.29, 0.717) is 15.8 Å². The smallest absolute Gasteiger partial charge is 0.303 e. The number of carbonyl (C=O) groups excluding carboxylic acids is 2. The maximum absolute atomic E-state index is 12.7. The first-order chi connectivity index (χ1) is 16.4. The molecule has 186 valence electrons. The van der Waals surface area contributed by atoms with E-state index in [0.717, 1.165) is 62.7 Å². The second-order valence-electron chi connectivity index (χ2n) is 8.18. The molecule has 2 rings (SSSR count). The fraction of sp³-hybridized carbons (Fsp3) is 0.520. The lowest BCUT2D eigenvalue weighted by Crippen LogP contribution is -2.33. The maximum Gasteiger partial charge on any atom is 0.303 e. The van der Waals surface area contributed by atoms with Crippen molar-refractivity contribution in [3.63, 3.8) is 0 Å². The summed E-state index contributed by atoms with van der Waals surface area (Å²) in [7, 11) is 1.61. The molecule has 0 radical (unpaired) electrons. The molecule has 7 nitrogen and oxygen atoms in total. The number of benzene rings is 1. The number of ether oxygens (including phenoxy) is 1. The van der Waals surface area contributed by atoms with Crippen LogP contribution in [0.1, 0.15) is 69.8 Å². The van der Waals surface area contributed by atoms with Crippen molar-refractivity contribution in [3.8, 4) is 5.75 Å². The number of thioether (sulfide) groups is 1. The Kier molecular flexibility index (Phi) is 12.7. The minimum absolute atomic E-state index is 0.0772. The van der Waals surface area contributed by atoms with E-state index in [9.17, 15) is 14.4 Å². The van der Waals surface area contributed by atoms with Gasteiger partial charge in [-0.3, -0.25) is 19.3 Å². The van der Waals surface area contributed by atoms with E-state index in [-0.39, 0.29) is 31.2 Å². The van der Waals surface area contributed by atoms with Gasteiger partial charge >= 0.3 is 5.97 Å². The van der Waals surface area contributed by atoms with Crippen LogP contribution in [0.15, 0.2) is 29.2 Å². The Morgan fingerprint density at radius 3 is 2.26 bits per heavy atom. The first-order valence-electron chi connectivity index (χ1n) is 11.8. The molecular weight excluding hydrogens is 472 g/mol. The van der Waals surface area contributed by atoms with Crippen molar-refractivity contribution in [2.75, 3.05) is 20.2 Å². The van der Waals surface area contributed by atoms with Crippen LogP contribution in [0.25, 0.3) is 6.08 Å². The summed E-state index contributed by atoms with van der Waals surface area (Å²) in [5, 5.41) is 11.5. The van der Waals surface area contributed by atoms with Crippen molar-refractivity contribution >= 4 is 52.2 Å². The number of carboxylic acids is 1. The molecule has 1 heterocycles. The molecule has 1 saturated heterocycles. The van der Waals surface area contributed by atoms with E-state index in [2.05, 4.69) is 5.32 Å². The number of methoxy groups -OCH3 is 1. The third-order valence-electron chi connectivity index (χ3n) is 5.49. The Hall–Kier alpha value is -2.39.